The number of Topliss-reactive ketones (excluding diaryl/α,β-unsaturated/α-hetero) is 1. The summed E-state index contributed by atoms with van der Waals surface area (Å²) in [4.78, 5) is 37.2. The topological polar surface area (TPSA) is 63.7 Å². The van der Waals surface area contributed by atoms with Gasteiger partial charge in [-0.2, -0.15) is 0 Å². The van der Waals surface area contributed by atoms with Gasteiger partial charge >= 0.3 is 5.97 Å². The third-order valence-corrected chi connectivity index (χ3v) is 3.98. The van der Waals surface area contributed by atoms with Crippen LogP contribution >= 0.6 is 15.9 Å². The Morgan fingerprint density at radius 3 is 2.68 bits per heavy atom. The molecule has 0 saturated carbocycles. The molecule has 0 bridgehead atoms. The minimum atomic E-state index is -0.679. The van der Waals surface area contributed by atoms with E-state index in [9.17, 15) is 14.4 Å². The zero-order chi connectivity index (χ0) is 16.3. The van der Waals surface area contributed by atoms with Crippen LogP contribution in [0.5, 0.6) is 0 Å². The van der Waals surface area contributed by atoms with Crippen LogP contribution in [0.4, 0.5) is 5.69 Å². The fourth-order valence-electron chi connectivity index (χ4n) is 2.47. The van der Waals surface area contributed by atoms with E-state index in [0.717, 1.165) is 29.3 Å². The number of ketones is 1. The second-order valence-electron chi connectivity index (χ2n) is 5.27. The van der Waals surface area contributed by atoms with E-state index in [0.29, 0.717) is 17.9 Å². The number of aryl methyl sites for hydroxylation is 1. The summed E-state index contributed by atoms with van der Waals surface area (Å²) in [6.07, 6.45) is 2.83. The number of hydrogen-bond acceptors (Lipinski definition) is 4. The first-order chi connectivity index (χ1) is 10.5. The average Bonchev–Trinajstić information content (AvgIpc) is 2.69. The summed E-state index contributed by atoms with van der Waals surface area (Å²) in [5.41, 5.74) is 1.60. The van der Waals surface area contributed by atoms with E-state index >= 15 is 0 Å². The number of carbonyl (C=O) groups is 3. The average molecular weight is 368 g/mol. The first kappa shape index (κ1) is 16.7. The molecule has 1 aliphatic heterocycles. The fraction of sp³-hybridized carbons (Fsp3) is 0.438. The highest BCUT2D eigenvalue weighted by Crippen LogP contribution is 2.34. The molecule has 2 rings (SSSR count). The molecule has 0 N–H and O–H groups in total. The molecule has 1 aromatic carbocycles. The lowest BCUT2D eigenvalue weighted by Crippen LogP contribution is -2.35. The molecule has 0 saturated heterocycles. The molecule has 0 aromatic heterocycles. The lowest BCUT2D eigenvalue weighted by molar-refractivity contribution is -0.142. The number of rotatable bonds is 6. The third kappa shape index (κ3) is 3.38. The van der Waals surface area contributed by atoms with Gasteiger partial charge < -0.3 is 4.74 Å². The van der Waals surface area contributed by atoms with E-state index in [4.69, 9.17) is 4.74 Å². The van der Waals surface area contributed by atoms with Crippen LogP contribution in [-0.2, 0) is 14.3 Å². The second kappa shape index (κ2) is 7.05. The quantitative estimate of drug-likeness (QED) is 0.440. The number of halogens is 1. The molecule has 1 heterocycles. The number of carbonyl (C=O) groups excluding carboxylic acids is 3. The van der Waals surface area contributed by atoms with Crippen molar-refractivity contribution < 1.29 is 19.1 Å². The molecule has 0 aliphatic carbocycles. The molecule has 0 spiro atoms. The Kier molecular flexibility index (Phi) is 5.34. The van der Waals surface area contributed by atoms with E-state index in [2.05, 4.69) is 22.9 Å². The molecule has 1 aromatic rings. The molecule has 0 fully saturated rings. The minimum absolute atomic E-state index is 0.230. The molecule has 0 atom stereocenters. The van der Waals surface area contributed by atoms with E-state index in [1.165, 1.54) is 4.90 Å². The van der Waals surface area contributed by atoms with Crippen molar-refractivity contribution in [3.8, 4) is 0 Å². The van der Waals surface area contributed by atoms with Crippen molar-refractivity contribution in [1.29, 1.82) is 0 Å². The largest absolute Gasteiger partial charge is 0.464 e. The van der Waals surface area contributed by atoms with E-state index in [1.54, 1.807) is 13.0 Å². The molecule has 1 aliphatic rings. The molecular weight excluding hydrogens is 350 g/mol. The van der Waals surface area contributed by atoms with Crippen LogP contribution in [0.2, 0.25) is 0 Å². The van der Waals surface area contributed by atoms with Gasteiger partial charge in [-0.15, -0.1) is 0 Å². The van der Waals surface area contributed by atoms with Crippen LogP contribution in [0.3, 0.4) is 0 Å². The molecule has 6 heteroatoms. The van der Waals surface area contributed by atoms with Gasteiger partial charge in [0.15, 0.2) is 0 Å². The van der Waals surface area contributed by atoms with Gasteiger partial charge in [-0.25, -0.2) is 0 Å². The zero-order valence-electron chi connectivity index (χ0n) is 12.6. The van der Waals surface area contributed by atoms with Gasteiger partial charge in [-0.3, -0.25) is 19.3 Å². The van der Waals surface area contributed by atoms with Crippen LogP contribution in [0.15, 0.2) is 16.6 Å². The number of nitrogens with zero attached hydrogens (tertiary/aromatic N) is 1. The Balaban J connectivity index is 2.12. The van der Waals surface area contributed by atoms with E-state index in [1.807, 2.05) is 6.07 Å². The molecular formula is C16H18BrNO4. The number of esters is 1. The third-order valence-electron chi connectivity index (χ3n) is 3.52. The SMILES string of the molecule is CCCCCOC(=O)CN1C(=O)C(=O)c2cc(Br)cc(C)c21. The van der Waals surface area contributed by atoms with Gasteiger partial charge in [0.05, 0.1) is 17.9 Å². The summed E-state index contributed by atoms with van der Waals surface area (Å²) in [6.45, 7) is 3.98. The monoisotopic (exact) mass is 367 g/mol. The Morgan fingerprint density at radius 1 is 1.27 bits per heavy atom. The minimum Gasteiger partial charge on any atom is -0.464 e. The standard InChI is InChI=1S/C16H18BrNO4/c1-3-4-5-6-22-13(19)9-18-14-10(2)7-11(17)8-12(14)15(20)16(18)21/h7-8H,3-6,9H2,1-2H3. The molecule has 22 heavy (non-hydrogen) atoms. The summed E-state index contributed by atoms with van der Waals surface area (Å²) in [6, 6.07) is 3.42. The number of ether oxygens (including phenoxy) is 1. The molecule has 0 radical (unpaired) electrons. The van der Waals surface area contributed by atoms with Crippen LogP contribution in [0, 0.1) is 6.92 Å². The Labute approximate surface area is 137 Å². The highest BCUT2D eigenvalue weighted by Gasteiger charge is 2.38. The number of amides is 1. The van der Waals surface area contributed by atoms with Gasteiger partial charge in [-0.1, -0.05) is 35.7 Å². The zero-order valence-corrected chi connectivity index (χ0v) is 14.2. The maximum absolute atomic E-state index is 12.1. The van der Waals surface area contributed by atoms with Crippen molar-refractivity contribution in [2.45, 2.75) is 33.1 Å². The van der Waals surface area contributed by atoms with Crippen molar-refractivity contribution in [3.63, 3.8) is 0 Å². The normalized spacial score (nSPS) is 13.5. The summed E-state index contributed by atoms with van der Waals surface area (Å²) in [7, 11) is 0. The highest BCUT2D eigenvalue weighted by atomic mass is 79.9. The first-order valence-electron chi connectivity index (χ1n) is 7.27. The van der Waals surface area contributed by atoms with Crippen LogP contribution in [-0.4, -0.2) is 30.8 Å². The number of hydrogen-bond donors (Lipinski definition) is 0. The predicted molar refractivity (Wildman–Crippen MR) is 86.0 cm³/mol. The number of fused-ring (bicyclic) bond motifs is 1. The molecule has 5 nitrogen and oxygen atoms in total. The smallest absolute Gasteiger partial charge is 0.326 e. The maximum atomic E-state index is 12.1. The molecule has 0 unspecified atom stereocenters. The maximum Gasteiger partial charge on any atom is 0.326 e. The predicted octanol–water partition coefficient (Wildman–Crippen LogP) is 3.02. The summed E-state index contributed by atoms with van der Waals surface area (Å²) < 4.78 is 5.85. The van der Waals surface area contributed by atoms with Gasteiger partial charge in [0.1, 0.15) is 6.54 Å². The van der Waals surface area contributed by atoms with Gasteiger partial charge in [-0.05, 0) is 31.0 Å². The lowest BCUT2D eigenvalue weighted by Gasteiger charge is -2.17. The van der Waals surface area contributed by atoms with Crippen molar-refractivity contribution >= 4 is 39.3 Å². The van der Waals surface area contributed by atoms with Gasteiger partial charge in [0, 0.05) is 4.47 Å². The lowest BCUT2D eigenvalue weighted by atomic mass is 10.1. The van der Waals surface area contributed by atoms with Crippen LogP contribution < -0.4 is 4.90 Å². The summed E-state index contributed by atoms with van der Waals surface area (Å²) in [5, 5.41) is 0. The van der Waals surface area contributed by atoms with Gasteiger partial charge in [0.2, 0.25) is 0 Å². The Bertz CT molecular complexity index is 627. The van der Waals surface area contributed by atoms with Crippen molar-refractivity contribution in [3.05, 3.63) is 27.7 Å². The Morgan fingerprint density at radius 2 is 2.00 bits per heavy atom. The van der Waals surface area contributed by atoms with E-state index < -0.39 is 17.7 Å². The highest BCUT2D eigenvalue weighted by molar-refractivity contribution is 9.10. The van der Waals surface area contributed by atoms with Gasteiger partial charge in [0.25, 0.3) is 11.7 Å². The number of anilines is 1. The summed E-state index contributed by atoms with van der Waals surface area (Å²) in [5.74, 6) is -1.76. The van der Waals surface area contributed by atoms with Crippen molar-refractivity contribution in [1.82, 2.24) is 0 Å². The Hall–Kier alpha value is -1.69. The fourth-order valence-corrected chi connectivity index (χ4v) is 3.04. The summed E-state index contributed by atoms with van der Waals surface area (Å²) >= 11 is 3.31. The van der Waals surface area contributed by atoms with E-state index in [-0.39, 0.29) is 6.54 Å². The van der Waals surface area contributed by atoms with Crippen LogP contribution in [0.25, 0.3) is 0 Å². The molecule has 1 amide bonds. The molecule has 118 valence electrons. The van der Waals surface area contributed by atoms with Crippen LogP contribution in [0.1, 0.15) is 42.1 Å². The van der Waals surface area contributed by atoms with Crippen molar-refractivity contribution in [2.24, 2.45) is 0 Å². The second-order valence-corrected chi connectivity index (χ2v) is 6.18. The number of unbranched alkanes of at least 4 members (excludes halogenated alkanes) is 2. The first-order valence-corrected chi connectivity index (χ1v) is 8.07. The van der Waals surface area contributed by atoms with Crippen molar-refractivity contribution in [2.75, 3.05) is 18.1 Å². The number of benzene rings is 1.